The van der Waals surface area contributed by atoms with Crippen LogP contribution >= 0.6 is 11.6 Å². The van der Waals surface area contributed by atoms with E-state index in [0.29, 0.717) is 23.8 Å². The third kappa shape index (κ3) is 3.61. The highest BCUT2D eigenvalue weighted by Crippen LogP contribution is 2.54. The zero-order valence-electron chi connectivity index (χ0n) is 19.8. The number of aliphatic hydroxyl groups is 1. The molecule has 0 aromatic heterocycles. The predicted octanol–water partition coefficient (Wildman–Crippen LogP) is 2.01. The van der Waals surface area contributed by atoms with Crippen LogP contribution in [-0.4, -0.2) is 82.7 Å². The maximum atomic E-state index is 14.1. The van der Waals surface area contributed by atoms with E-state index >= 15 is 0 Å². The smallest absolute Gasteiger partial charge is 0.253 e. The van der Waals surface area contributed by atoms with Gasteiger partial charge in [-0.1, -0.05) is 42.8 Å². The second-order valence-electron chi connectivity index (χ2n) is 9.66. The summed E-state index contributed by atoms with van der Waals surface area (Å²) < 4.78 is 6.57. The van der Waals surface area contributed by atoms with Crippen molar-refractivity contribution in [2.24, 2.45) is 11.8 Å². The molecule has 2 fully saturated rings. The number of nitrogens with zero attached hydrogens (tertiary/aromatic N) is 3. The topological polar surface area (TPSA) is 90.4 Å². The second kappa shape index (κ2) is 9.08. The molecule has 4 aliphatic heterocycles. The Labute approximate surface area is 209 Å². The number of ether oxygens (including phenoxy) is 1. The van der Waals surface area contributed by atoms with E-state index in [9.17, 15) is 19.5 Å². The van der Waals surface area contributed by atoms with Crippen LogP contribution in [0.1, 0.15) is 20.3 Å². The fourth-order valence-corrected chi connectivity index (χ4v) is 6.14. The summed E-state index contributed by atoms with van der Waals surface area (Å²) in [6.45, 7) is 4.73. The Morgan fingerprint density at radius 3 is 2.54 bits per heavy atom. The van der Waals surface area contributed by atoms with Crippen molar-refractivity contribution in [2.75, 3.05) is 31.1 Å². The fourth-order valence-electron chi connectivity index (χ4n) is 6.01. The number of rotatable bonds is 5. The van der Waals surface area contributed by atoms with Crippen LogP contribution in [0, 0.1) is 11.8 Å². The van der Waals surface area contributed by atoms with Crippen LogP contribution in [0.5, 0.6) is 0 Å². The normalized spacial score (nSPS) is 32.9. The molecular formula is C26H30ClN3O5. The van der Waals surface area contributed by atoms with Gasteiger partial charge < -0.3 is 24.5 Å². The molecule has 4 heterocycles. The van der Waals surface area contributed by atoms with E-state index in [1.165, 1.54) is 4.90 Å². The van der Waals surface area contributed by atoms with Gasteiger partial charge in [-0.05, 0) is 37.6 Å². The molecule has 1 N–H and O–H groups in total. The van der Waals surface area contributed by atoms with Crippen LogP contribution < -0.4 is 4.90 Å². The standard InChI is InChI=1S/C26H30ClN3O5/c1-3-12-28-13-4-6-19-20(23(28)32)21-24(33)30(16(2)15-31)22-25(34)29(14-5-11-26(21,22)35-19)18-9-7-17(27)8-10-18/h4-11,16,19-22,31H,3,12-15H2,1-2H3/t16-,19+,20-,21+,22?,26+/m1/s1. The van der Waals surface area contributed by atoms with Gasteiger partial charge in [0.25, 0.3) is 5.91 Å². The number of fused-ring (bicyclic) bond motifs is 2. The van der Waals surface area contributed by atoms with Gasteiger partial charge in [0.1, 0.15) is 11.6 Å². The highest BCUT2D eigenvalue weighted by Gasteiger charge is 2.72. The number of aliphatic hydroxyl groups excluding tert-OH is 1. The lowest BCUT2D eigenvalue weighted by Crippen LogP contribution is -2.57. The van der Waals surface area contributed by atoms with Crippen LogP contribution in [0.3, 0.4) is 0 Å². The maximum absolute atomic E-state index is 14.1. The summed E-state index contributed by atoms with van der Waals surface area (Å²) >= 11 is 6.05. The van der Waals surface area contributed by atoms with Crippen molar-refractivity contribution in [3.05, 3.63) is 53.6 Å². The van der Waals surface area contributed by atoms with Gasteiger partial charge in [-0.15, -0.1) is 0 Å². The summed E-state index contributed by atoms with van der Waals surface area (Å²) in [5, 5.41) is 10.5. The van der Waals surface area contributed by atoms with E-state index in [4.69, 9.17) is 16.3 Å². The quantitative estimate of drug-likeness (QED) is 0.626. The molecule has 0 radical (unpaired) electrons. The van der Waals surface area contributed by atoms with Crippen LogP contribution in [0.4, 0.5) is 5.69 Å². The van der Waals surface area contributed by atoms with Gasteiger partial charge in [0.2, 0.25) is 11.8 Å². The average Bonchev–Trinajstić information content (AvgIpc) is 3.17. The molecule has 3 amide bonds. The molecule has 2 saturated heterocycles. The first-order chi connectivity index (χ1) is 16.8. The van der Waals surface area contributed by atoms with Crippen molar-refractivity contribution in [1.29, 1.82) is 0 Å². The molecule has 1 aromatic carbocycles. The predicted molar refractivity (Wildman–Crippen MR) is 131 cm³/mol. The number of benzene rings is 1. The van der Waals surface area contributed by atoms with Crippen molar-refractivity contribution in [2.45, 2.75) is 44.1 Å². The van der Waals surface area contributed by atoms with E-state index < -0.39 is 35.6 Å². The third-order valence-electron chi connectivity index (χ3n) is 7.55. The minimum Gasteiger partial charge on any atom is -0.394 e. The van der Waals surface area contributed by atoms with Crippen LogP contribution in [0.2, 0.25) is 5.02 Å². The summed E-state index contributed by atoms with van der Waals surface area (Å²) in [6, 6.07) is 5.30. The first kappa shape index (κ1) is 24.0. The van der Waals surface area contributed by atoms with E-state index in [0.717, 1.165) is 6.42 Å². The molecule has 1 aromatic rings. The molecule has 35 heavy (non-hydrogen) atoms. The second-order valence-corrected chi connectivity index (χ2v) is 10.1. The molecule has 186 valence electrons. The fraction of sp³-hybridized carbons (Fsp3) is 0.500. The monoisotopic (exact) mass is 499 g/mol. The Balaban J connectivity index is 1.61. The Morgan fingerprint density at radius 1 is 1.11 bits per heavy atom. The van der Waals surface area contributed by atoms with Crippen LogP contribution in [-0.2, 0) is 19.1 Å². The van der Waals surface area contributed by atoms with Crippen molar-refractivity contribution in [3.8, 4) is 0 Å². The number of likely N-dealkylation sites (tertiary alicyclic amines) is 1. The largest absolute Gasteiger partial charge is 0.394 e. The highest BCUT2D eigenvalue weighted by atomic mass is 35.5. The number of halogens is 1. The number of amides is 3. The molecule has 0 aliphatic carbocycles. The van der Waals surface area contributed by atoms with E-state index in [1.807, 2.05) is 25.2 Å². The lowest BCUT2D eigenvalue weighted by molar-refractivity contribution is -0.146. The molecule has 1 unspecified atom stereocenters. The molecule has 5 rings (SSSR count). The number of carbonyl (C=O) groups excluding carboxylic acids is 3. The number of anilines is 1. The third-order valence-corrected chi connectivity index (χ3v) is 7.80. The first-order valence-corrected chi connectivity index (χ1v) is 12.5. The maximum Gasteiger partial charge on any atom is 0.253 e. The molecule has 0 saturated carbocycles. The molecule has 4 aliphatic rings. The van der Waals surface area contributed by atoms with Gasteiger partial charge in [0, 0.05) is 30.3 Å². The summed E-state index contributed by atoms with van der Waals surface area (Å²) in [7, 11) is 0. The summed E-state index contributed by atoms with van der Waals surface area (Å²) in [5.41, 5.74) is -0.658. The molecule has 8 nitrogen and oxygen atoms in total. The van der Waals surface area contributed by atoms with Gasteiger partial charge in [-0.3, -0.25) is 14.4 Å². The van der Waals surface area contributed by atoms with Gasteiger partial charge in [-0.2, -0.15) is 0 Å². The molecule has 0 bridgehead atoms. The summed E-state index contributed by atoms with van der Waals surface area (Å²) in [5.74, 6) is -2.36. The summed E-state index contributed by atoms with van der Waals surface area (Å²) in [6.07, 6.45) is 7.60. The summed E-state index contributed by atoms with van der Waals surface area (Å²) in [4.78, 5) is 46.6. The first-order valence-electron chi connectivity index (χ1n) is 12.1. The molecule has 1 spiro atoms. The van der Waals surface area contributed by atoms with Gasteiger partial charge in [0.15, 0.2) is 0 Å². The van der Waals surface area contributed by atoms with Crippen molar-refractivity contribution < 1.29 is 24.2 Å². The zero-order chi connectivity index (χ0) is 24.9. The Bertz CT molecular complexity index is 1090. The molecule has 9 heteroatoms. The minimum atomic E-state index is -1.30. The van der Waals surface area contributed by atoms with Gasteiger partial charge in [0.05, 0.1) is 30.6 Å². The van der Waals surface area contributed by atoms with Crippen LogP contribution in [0.15, 0.2) is 48.6 Å². The van der Waals surface area contributed by atoms with Crippen LogP contribution in [0.25, 0.3) is 0 Å². The number of hydrogen-bond acceptors (Lipinski definition) is 5. The average molecular weight is 500 g/mol. The number of hydrogen-bond donors (Lipinski definition) is 1. The van der Waals surface area contributed by atoms with Gasteiger partial charge >= 0.3 is 0 Å². The van der Waals surface area contributed by atoms with Crippen molar-refractivity contribution in [1.82, 2.24) is 9.80 Å². The van der Waals surface area contributed by atoms with E-state index in [-0.39, 0.29) is 30.9 Å². The van der Waals surface area contributed by atoms with E-state index in [2.05, 4.69) is 0 Å². The molecular weight excluding hydrogens is 470 g/mol. The lowest BCUT2D eigenvalue weighted by atomic mass is 9.77. The van der Waals surface area contributed by atoms with Crippen molar-refractivity contribution in [3.63, 3.8) is 0 Å². The minimum absolute atomic E-state index is 0.131. The van der Waals surface area contributed by atoms with Gasteiger partial charge in [-0.25, -0.2) is 0 Å². The Morgan fingerprint density at radius 2 is 1.86 bits per heavy atom. The van der Waals surface area contributed by atoms with E-state index in [1.54, 1.807) is 47.1 Å². The van der Waals surface area contributed by atoms with Crippen molar-refractivity contribution >= 4 is 35.0 Å². The Hall–Kier alpha value is -2.68. The lowest BCUT2D eigenvalue weighted by Gasteiger charge is -2.37. The number of carbonyl (C=O) groups is 3. The molecule has 6 atom stereocenters. The SMILES string of the molecule is CCCN1CC=C[C@@H]2O[C@]34C=CCN(c5ccc(Cl)cc5)C(=O)C3N([C@H](C)CO)C(=O)[C@@H]4[C@@H]2C1=O. The highest BCUT2D eigenvalue weighted by molar-refractivity contribution is 6.30. The Kier molecular flexibility index (Phi) is 6.23. The zero-order valence-corrected chi connectivity index (χ0v) is 20.6.